The summed E-state index contributed by atoms with van der Waals surface area (Å²) in [6, 6.07) is 9.89. The van der Waals surface area contributed by atoms with Crippen molar-refractivity contribution >= 4 is 27.1 Å². The molecule has 0 radical (unpaired) electrons. The van der Waals surface area contributed by atoms with Gasteiger partial charge >= 0.3 is 0 Å². The van der Waals surface area contributed by atoms with E-state index in [0.29, 0.717) is 11.4 Å². The number of nitrogens with two attached hydrogens (primary N) is 1. The highest BCUT2D eigenvalue weighted by atomic mass is 32.2. The third-order valence-electron chi connectivity index (χ3n) is 3.43. The van der Waals surface area contributed by atoms with Crippen LogP contribution in [0.3, 0.4) is 0 Å². The molecule has 23 heavy (non-hydrogen) atoms. The van der Waals surface area contributed by atoms with Crippen molar-refractivity contribution < 1.29 is 18.1 Å². The number of ether oxygens (including phenoxy) is 1. The molecule has 0 saturated carbocycles. The number of sulfonamides is 1. The summed E-state index contributed by atoms with van der Waals surface area (Å²) in [4.78, 5) is 10.1. The summed E-state index contributed by atoms with van der Waals surface area (Å²) >= 11 is 0. The van der Waals surface area contributed by atoms with Crippen molar-refractivity contribution in [2.24, 2.45) is 0 Å². The predicted molar refractivity (Wildman–Crippen MR) is 84.0 cm³/mol. The quantitative estimate of drug-likeness (QED) is 0.519. The van der Waals surface area contributed by atoms with Crippen molar-refractivity contribution in [1.82, 2.24) is 0 Å². The van der Waals surface area contributed by atoms with Crippen molar-refractivity contribution in [3.05, 3.63) is 52.6 Å². The van der Waals surface area contributed by atoms with Crippen molar-refractivity contribution in [2.75, 3.05) is 23.2 Å². The first-order valence-electron chi connectivity index (χ1n) is 6.70. The first kappa shape index (κ1) is 15.1. The molecule has 0 spiro atoms. The second-order valence-corrected chi connectivity index (χ2v) is 6.71. The van der Waals surface area contributed by atoms with Gasteiger partial charge in [-0.15, -0.1) is 0 Å². The Bertz CT molecular complexity index is 882. The Balaban J connectivity index is 2.16. The Hall–Kier alpha value is -2.81. The van der Waals surface area contributed by atoms with Crippen LogP contribution in [0, 0.1) is 10.1 Å². The number of para-hydroxylation sites is 1. The summed E-state index contributed by atoms with van der Waals surface area (Å²) in [5, 5.41) is 11.1. The van der Waals surface area contributed by atoms with Crippen LogP contribution in [0.25, 0.3) is 0 Å². The maximum absolute atomic E-state index is 12.9. The SMILES string of the molecule is Nc1ccc2c(c1)N(S(=O)(=O)c1ccccc1[N+](=O)[O-])CCO2. The van der Waals surface area contributed by atoms with Crippen LogP contribution in [0.1, 0.15) is 0 Å². The zero-order valence-electron chi connectivity index (χ0n) is 11.9. The minimum Gasteiger partial charge on any atom is -0.489 e. The number of nitrogen functional groups attached to an aromatic ring is 1. The molecule has 1 aliphatic heterocycles. The van der Waals surface area contributed by atoms with Gasteiger partial charge in [0.15, 0.2) is 4.90 Å². The van der Waals surface area contributed by atoms with Crippen LogP contribution in [0.2, 0.25) is 0 Å². The summed E-state index contributed by atoms with van der Waals surface area (Å²) in [6.45, 7) is 0.196. The third-order valence-corrected chi connectivity index (χ3v) is 5.29. The van der Waals surface area contributed by atoms with Crippen molar-refractivity contribution in [3.63, 3.8) is 0 Å². The van der Waals surface area contributed by atoms with E-state index in [0.717, 1.165) is 10.4 Å². The molecule has 9 heteroatoms. The molecule has 2 aromatic rings. The first-order valence-corrected chi connectivity index (χ1v) is 8.14. The Kier molecular flexibility index (Phi) is 3.57. The molecule has 2 aromatic carbocycles. The lowest BCUT2D eigenvalue weighted by Gasteiger charge is -2.30. The predicted octanol–water partition coefficient (Wildman–Crippen LogP) is 1.76. The highest BCUT2D eigenvalue weighted by Gasteiger charge is 2.34. The van der Waals surface area contributed by atoms with Crippen LogP contribution in [0.5, 0.6) is 5.75 Å². The van der Waals surface area contributed by atoms with Gasteiger partial charge in [0.1, 0.15) is 12.4 Å². The smallest absolute Gasteiger partial charge is 0.289 e. The zero-order chi connectivity index (χ0) is 16.6. The van der Waals surface area contributed by atoms with E-state index < -0.39 is 20.6 Å². The topological polar surface area (TPSA) is 116 Å². The molecule has 0 aromatic heterocycles. The second-order valence-electron chi connectivity index (χ2n) is 4.88. The fourth-order valence-corrected chi connectivity index (χ4v) is 4.02. The van der Waals surface area contributed by atoms with Crippen molar-refractivity contribution in [3.8, 4) is 5.75 Å². The van der Waals surface area contributed by atoms with E-state index in [4.69, 9.17) is 10.5 Å². The molecule has 3 rings (SSSR count). The number of nitrogens with zero attached hydrogens (tertiary/aromatic N) is 2. The van der Waals surface area contributed by atoms with Crippen LogP contribution in [0.4, 0.5) is 17.1 Å². The number of nitro benzene ring substituents is 1. The standard InChI is InChI=1S/C14H13N3O5S/c15-10-5-6-13-12(9-10)16(7-8-22-13)23(20,21)14-4-2-1-3-11(14)17(18)19/h1-6,9H,7-8,15H2. The van der Waals surface area contributed by atoms with Gasteiger partial charge in [0.05, 0.1) is 17.2 Å². The lowest BCUT2D eigenvalue weighted by molar-refractivity contribution is -0.387. The zero-order valence-corrected chi connectivity index (χ0v) is 12.7. The number of benzene rings is 2. The second kappa shape index (κ2) is 5.43. The van der Waals surface area contributed by atoms with E-state index in [1.54, 1.807) is 12.1 Å². The molecule has 1 aliphatic rings. The van der Waals surface area contributed by atoms with E-state index in [2.05, 4.69) is 0 Å². The van der Waals surface area contributed by atoms with E-state index in [-0.39, 0.29) is 23.7 Å². The molecule has 0 atom stereocenters. The van der Waals surface area contributed by atoms with Gasteiger partial charge in [0.2, 0.25) is 0 Å². The number of hydrogen-bond donors (Lipinski definition) is 1. The van der Waals surface area contributed by atoms with Crippen LogP contribution in [0.15, 0.2) is 47.4 Å². The Morgan fingerprint density at radius 1 is 1.22 bits per heavy atom. The molecule has 8 nitrogen and oxygen atoms in total. The average Bonchev–Trinajstić information content (AvgIpc) is 2.54. The maximum atomic E-state index is 12.9. The highest BCUT2D eigenvalue weighted by Crippen LogP contribution is 2.38. The van der Waals surface area contributed by atoms with Gasteiger partial charge in [-0.05, 0) is 24.3 Å². The molecular weight excluding hydrogens is 322 g/mol. The van der Waals surface area contributed by atoms with Crippen LogP contribution >= 0.6 is 0 Å². The first-order chi connectivity index (χ1) is 10.9. The fourth-order valence-electron chi connectivity index (χ4n) is 2.40. The van der Waals surface area contributed by atoms with Gasteiger partial charge in [-0.2, -0.15) is 0 Å². The Labute approximate surface area is 132 Å². The van der Waals surface area contributed by atoms with E-state index >= 15 is 0 Å². The third kappa shape index (κ3) is 2.55. The normalized spacial score (nSPS) is 14.0. The molecule has 0 aliphatic carbocycles. The monoisotopic (exact) mass is 335 g/mol. The van der Waals surface area contributed by atoms with Gasteiger partial charge in [-0.1, -0.05) is 12.1 Å². The van der Waals surface area contributed by atoms with Crippen LogP contribution < -0.4 is 14.8 Å². The van der Waals surface area contributed by atoms with Crippen LogP contribution in [-0.4, -0.2) is 26.5 Å². The molecule has 0 fully saturated rings. The summed E-state index contributed by atoms with van der Waals surface area (Å²) in [7, 11) is -4.11. The van der Waals surface area contributed by atoms with Gasteiger partial charge < -0.3 is 10.5 Å². The summed E-state index contributed by atoms with van der Waals surface area (Å²) in [6.07, 6.45) is 0. The van der Waals surface area contributed by atoms with E-state index in [9.17, 15) is 18.5 Å². The lowest BCUT2D eigenvalue weighted by atomic mass is 10.2. The number of fused-ring (bicyclic) bond motifs is 1. The molecule has 0 unspecified atom stereocenters. The summed E-state index contributed by atoms with van der Waals surface area (Å²) < 4.78 is 32.3. The molecular formula is C14H13N3O5S. The minimum atomic E-state index is -4.11. The molecule has 2 N–H and O–H groups in total. The molecule has 1 heterocycles. The number of rotatable bonds is 3. The van der Waals surface area contributed by atoms with Crippen LogP contribution in [-0.2, 0) is 10.0 Å². The highest BCUT2D eigenvalue weighted by molar-refractivity contribution is 7.93. The fraction of sp³-hybridized carbons (Fsp3) is 0.143. The van der Waals surface area contributed by atoms with Crippen molar-refractivity contribution in [2.45, 2.75) is 4.90 Å². The van der Waals surface area contributed by atoms with Gasteiger partial charge in [-0.25, -0.2) is 8.42 Å². The molecule has 0 amide bonds. The molecule has 120 valence electrons. The number of nitro groups is 1. The number of hydrogen-bond acceptors (Lipinski definition) is 6. The maximum Gasteiger partial charge on any atom is 0.289 e. The van der Waals surface area contributed by atoms with E-state index in [1.165, 1.54) is 24.3 Å². The Morgan fingerprint density at radius 2 is 1.96 bits per heavy atom. The Morgan fingerprint density at radius 3 is 2.70 bits per heavy atom. The molecule has 0 saturated heterocycles. The van der Waals surface area contributed by atoms with Crippen molar-refractivity contribution in [1.29, 1.82) is 0 Å². The van der Waals surface area contributed by atoms with Gasteiger partial charge in [0, 0.05) is 11.8 Å². The lowest BCUT2D eigenvalue weighted by Crippen LogP contribution is -2.38. The summed E-state index contributed by atoms with van der Waals surface area (Å²) in [5.74, 6) is 0.368. The number of anilines is 2. The largest absolute Gasteiger partial charge is 0.489 e. The van der Waals surface area contributed by atoms with Gasteiger partial charge in [0.25, 0.3) is 15.7 Å². The molecule has 0 bridgehead atoms. The van der Waals surface area contributed by atoms with Gasteiger partial charge in [-0.3, -0.25) is 14.4 Å². The minimum absolute atomic E-state index is 0.0465. The summed E-state index contributed by atoms with van der Waals surface area (Å²) in [5.41, 5.74) is 5.90. The van der Waals surface area contributed by atoms with E-state index in [1.807, 2.05) is 0 Å². The average molecular weight is 335 g/mol.